The molecule has 0 saturated heterocycles. The zero-order chi connectivity index (χ0) is 24.8. The molecule has 1 saturated carbocycles. The van der Waals surface area contributed by atoms with Gasteiger partial charge in [-0.3, -0.25) is 4.79 Å². The number of hydrogen-bond donors (Lipinski definition) is 1. The SMILES string of the molecule is COc1ccc(C(=O)NCc2nnc(SCc3ccc(C(F)(F)F)cc3)n2C2CCCCC2)cc1. The van der Waals surface area contributed by atoms with Gasteiger partial charge in [-0.1, -0.05) is 43.2 Å². The number of aromatic nitrogens is 3. The first-order valence-corrected chi connectivity index (χ1v) is 12.5. The Bertz CT molecular complexity index is 1130. The molecule has 4 rings (SSSR count). The minimum atomic E-state index is -4.35. The molecule has 1 amide bonds. The predicted octanol–water partition coefficient (Wildman–Crippen LogP) is 6.03. The third kappa shape index (κ3) is 6.36. The largest absolute Gasteiger partial charge is 0.497 e. The second kappa shape index (κ2) is 11.2. The summed E-state index contributed by atoms with van der Waals surface area (Å²) in [5.74, 6) is 1.60. The van der Waals surface area contributed by atoms with Gasteiger partial charge in [0.1, 0.15) is 5.75 Å². The standard InChI is InChI=1S/C25H27F3N4O2S/c1-34-21-13-9-18(10-14-21)23(33)29-15-22-30-31-24(32(22)20-5-3-2-4-6-20)35-16-17-7-11-19(12-8-17)25(26,27)28/h7-14,20H,2-6,15-16H2,1H3,(H,29,33). The summed E-state index contributed by atoms with van der Waals surface area (Å²) < 4.78 is 45.8. The van der Waals surface area contributed by atoms with Crippen LogP contribution >= 0.6 is 11.8 Å². The molecule has 0 radical (unpaired) electrons. The molecule has 1 aromatic heterocycles. The second-order valence-corrected chi connectivity index (χ2v) is 9.40. The third-order valence-electron chi connectivity index (χ3n) is 6.08. The highest BCUT2D eigenvalue weighted by Gasteiger charge is 2.30. The van der Waals surface area contributed by atoms with Gasteiger partial charge in [-0.15, -0.1) is 10.2 Å². The summed E-state index contributed by atoms with van der Waals surface area (Å²) in [5.41, 5.74) is 0.633. The zero-order valence-corrected chi connectivity index (χ0v) is 20.2. The summed E-state index contributed by atoms with van der Waals surface area (Å²) in [6.07, 6.45) is 1.08. The van der Waals surface area contributed by atoms with Crippen LogP contribution in [0.15, 0.2) is 53.7 Å². The van der Waals surface area contributed by atoms with E-state index in [0.29, 0.717) is 28.0 Å². The van der Waals surface area contributed by atoms with Crippen molar-refractivity contribution in [1.29, 1.82) is 0 Å². The molecule has 186 valence electrons. The molecule has 0 atom stereocenters. The molecule has 0 bridgehead atoms. The van der Waals surface area contributed by atoms with Gasteiger partial charge in [-0.2, -0.15) is 13.2 Å². The van der Waals surface area contributed by atoms with E-state index in [0.717, 1.165) is 43.4 Å². The van der Waals surface area contributed by atoms with Crippen LogP contribution in [0.25, 0.3) is 0 Å². The number of amides is 1. The van der Waals surface area contributed by atoms with E-state index < -0.39 is 11.7 Å². The molecule has 6 nitrogen and oxygen atoms in total. The Morgan fingerprint density at radius 3 is 2.37 bits per heavy atom. The Morgan fingerprint density at radius 2 is 1.74 bits per heavy atom. The Balaban J connectivity index is 1.46. The van der Waals surface area contributed by atoms with Gasteiger partial charge in [0.05, 0.1) is 19.2 Å². The summed E-state index contributed by atoms with van der Waals surface area (Å²) in [7, 11) is 1.57. The highest BCUT2D eigenvalue weighted by molar-refractivity contribution is 7.98. The maximum absolute atomic E-state index is 12.8. The summed E-state index contributed by atoms with van der Waals surface area (Å²) in [5, 5.41) is 12.4. The maximum Gasteiger partial charge on any atom is 0.416 e. The van der Waals surface area contributed by atoms with Crippen LogP contribution in [0.2, 0.25) is 0 Å². The number of hydrogen-bond acceptors (Lipinski definition) is 5. The normalized spacial score (nSPS) is 14.6. The fourth-order valence-electron chi connectivity index (χ4n) is 4.17. The first-order valence-electron chi connectivity index (χ1n) is 11.5. The van der Waals surface area contributed by atoms with Crippen molar-refractivity contribution in [3.05, 3.63) is 71.0 Å². The van der Waals surface area contributed by atoms with E-state index >= 15 is 0 Å². The quantitative estimate of drug-likeness (QED) is 0.379. The Morgan fingerprint density at radius 1 is 1.06 bits per heavy atom. The van der Waals surface area contributed by atoms with E-state index in [1.54, 1.807) is 31.4 Å². The molecular formula is C25H27F3N4O2S. The molecule has 3 aromatic rings. The molecule has 0 aliphatic heterocycles. The van der Waals surface area contributed by atoms with Crippen molar-refractivity contribution in [3.63, 3.8) is 0 Å². The van der Waals surface area contributed by atoms with Gasteiger partial charge in [0.25, 0.3) is 5.91 Å². The fraction of sp³-hybridized carbons (Fsp3) is 0.400. The number of benzene rings is 2. The van der Waals surface area contributed by atoms with Crippen LogP contribution in [0.1, 0.15) is 65.5 Å². The molecule has 1 aliphatic rings. The molecule has 35 heavy (non-hydrogen) atoms. The number of rotatable bonds is 8. The average Bonchev–Trinajstić information content (AvgIpc) is 3.29. The van der Waals surface area contributed by atoms with E-state index in [1.165, 1.54) is 30.3 Å². The summed E-state index contributed by atoms with van der Waals surface area (Å²) in [6.45, 7) is 0.231. The van der Waals surface area contributed by atoms with Crippen LogP contribution in [0.5, 0.6) is 5.75 Å². The topological polar surface area (TPSA) is 69.0 Å². The van der Waals surface area contributed by atoms with Crippen molar-refractivity contribution in [1.82, 2.24) is 20.1 Å². The van der Waals surface area contributed by atoms with Crippen LogP contribution in [-0.4, -0.2) is 27.8 Å². The first-order chi connectivity index (χ1) is 16.8. The van der Waals surface area contributed by atoms with E-state index in [-0.39, 0.29) is 18.5 Å². The van der Waals surface area contributed by atoms with Gasteiger partial charge in [0.15, 0.2) is 11.0 Å². The minimum absolute atomic E-state index is 0.218. The Kier molecular flexibility index (Phi) is 8.00. The molecule has 10 heteroatoms. The minimum Gasteiger partial charge on any atom is -0.497 e. The molecule has 0 spiro atoms. The number of carbonyl (C=O) groups excluding carboxylic acids is 1. The van der Waals surface area contributed by atoms with Crippen molar-refractivity contribution >= 4 is 17.7 Å². The van der Waals surface area contributed by atoms with Gasteiger partial charge in [-0.25, -0.2) is 0 Å². The monoisotopic (exact) mass is 504 g/mol. The summed E-state index contributed by atoms with van der Waals surface area (Å²) in [4.78, 5) is 12.6. The van der Waals surface area contributed by atoms with Gasteiger partial charge in [0.2, 0.25) is 0 Å². The van der Waals surface area contributed by atoms with Gasteiger partial charge in [-0.05, 0) is 54.8 Å². The van der Waals surface area contributed by atoms with E-state index in [1.807, 2.05) is 0 Å². The predicted molar refractivity (Wildman–Crippen MR) is 127 cm³/mol. The van der Waals surface area contributed by atoms with Crippen LogP contribution in [0.4, 0.5) is 13.2 Å². The molecule has 2 aromatic carbocycles. The molecule has 0 unspecified atom stereocenters. The van der Waals surface area contributed by atoms with E-state index in [4.69, 9.17) is 4.74 Å². The van der Waals surface area contributed by atoms with Crippen molar-refractivity contribution in [3.8, 4) is 5.75 Å². The number of thioether (sulfide) groups is 1. The van der Waals surface area contributed by atoms with Gasteiger partial charge in [0, 0.05) is 17.4 Å². The number of halogens is 3. The Labute approximate surface area is 206 Å². The molecule has 1 N–H and O–H groups in total. The molecular weight excluding hydrogens is 477 g/mol. The molecule has 1 fully saturated rings. The van der Waals surface area contributed by atoms with E-state index in [2.05, 4.69) is 20.1 Å². The number of carbonyl (C=O) groups is 1. The third-order valence-corrected chi connectivity index (χ3v) is 7.10. The molecule has 1 aliphatic carbocycles. The zero-order valence-electron chi connectivity index (χ0n) is 19.3. The molecule has 1 heterocycles. The van der Waals surface area contributed by atoms with Gasteiger partial charge < -0.3 is 14.6 Å². The lowest BCUT2D eigenvalue weighted by Gasteiger charge is -2.25. The number of nitrogens with zero attached hydrogens (tertiary/aromatic N) is 3. The summed E-state index contributed by atoms with van der Waals surface area (Å²) in [6, 6.07) is 12.3. The lowest BCUT2D eigenvalue weighted by molar-refractivity contribution is -0.137. The van der Waals surface area contributed by atoms with Crippen molar-refractivity contribution in [2.24, 2.45) is 0 Å². The second-order valence-electron chi connectivity index (χ2n) is 8.46. The summed E-state index contributed by atoms with van der Waals surface area (Å²) >= 11 is 1.44. The van der Waals surface area contributed by atoms with Crippen molar-refractivity contribution < 1.29 is 22.7 Å². The number of methoxy groups -OCH3 is 1. The number of ether oxygens (including phenoxy) is 1. The van der Waals surface area contributed by atoms with Crippen molar-refractivity contribution in [2.45, 2.75) is 61.8 Å². The van der Waals surface area contributed by atoms with Crippen LogP contribution in [0, 0.1) is 0 Å². The lowest BCUT2D eigenvalue weighted by atomic mass is 9.95. The van der Waals surface area contributed by atoms with Crippen LogP contribution < -0.4 is 10.1 Å². The lowest BCUT2D eigenvalue weighted by Crippen LogP contribution is -2.26. The van der Waals surface area contributed by atoms with E-state index in [9.17, 15) is 18.0 Å². The average molecular weight is 505 g/mol. The van der Waals surface area contributed by atoms with Gasteiger partial charge >= 0.3 is 6.18 Å². The fourth-order valence-corrected chi connectivity index (χ4v) is 5.15. The first kappa shape index (κ1) is 25.1. The highest BCUT2D eigenvalue weighted by Crippen LogP contribution is 2.34. The van der Waals surface area contributed by atoms with Crippen molar-refractivity contribution in [2.75, 3.05) is 7.11 Å². The van der Waals surface area contributed by atoms with Crippen LogP contribution in [0.3, 0.4) is 0 Å². The van der Waals surface area contributed by atoms with Crippen LogP contribution in [-0.2, 0) is 18.5 Å². The number of nitrogens with one attached hydrogen (secondary N) is 1. The Hall–Kier alpha value is -3.01. The maximum atomic E-state index is 12.8. The highest BCUT2D eigenvalue weighted by atomic mass is 32.2. The smallest absolute Gasteiger partial charge is 0.416 e. The number of alkyl halides is 3.